The minimum atomic E-state index is -0.684. The van der Waals surface area contributed by atoms with E-state index in [9.17, 15) is 13.6 Å². The lowest BCUT2D eigenvalue weighted by molar-refractivity contribution is 0.0939. The van der Waals surface area contributed by atoms with E-state index in [0.29, 0.717) is 23.6 Å². The highest BCUT2D eigenvalue weighted by Crippen LogP contribution is 2.25. The number of halogens is 2. The molecule has 0 fully saturated rings. The van der Waals surface area contributed by atoms with Crippen LogP contribution in [0.1, 0.15) is 61.1 Å². The van der Waals surface area contributed by atoms with Gasteiger partial charge >= 0.3 is 0 Å². The van der Waals surface area contributed by atoms with Crippen molar-refractivity contribution in [2.24, 2.45) is 0 Å². The monoisotopic (exact) mass is 397 g/mol. The summed E-state index contributed by atoms with van der Waals surface area (Å²) in [4.78, 5) is 17.0. The lowest BCUT2D eigenvalue weighted by atomic mass is 10.0. The number of fused-ring (bicyclic) bond motifs is 1. The molecule has 29 heavy (non-hydrogen) atoms. The van der Waals surface area contributed by atoms with Gasteiger partial charge in [0.05, 0.1) is 17.1 Å². The molecule has 0 radical (unpaired) electrons. The molecule has 1 atom stereocenters. The highest BCUT2D eigenvalue weighted by atomic mass is 19.1. The molecule has 1 aromatic heterocycles. The number of amides is 1. The molecule has 152 valence electrons. The maximum absolute atomic E-state index is 14.2. The standard InChI is InChI=1S/C23H25F2N3O/c1-5-26-22-19(24)9-17(10-20(22)25)14(4)28-23(29)18-8-16-7-6-15(13(2)3)11-21(16)27-12-18/h6-14,26H,5H2,1-4H3,(H,28,29)/t14-/m1/s1. The fourth-order valence-corrected chi connectivity index (χ4v) is 3.17. The lowest BCUT2D eigenvalue weighted by Crippen LogP contribution is -2.27. The molecule has 0 aliphatic heterocycles. The summed E-state index contributed by atoms with van der Waals surface area (Å²) in [5, 5.41) is 6.30. The molecule has 0 spiro atoms. The number of carbonyl (C=O) groups is 1. The maximum Gasteiger partial charge on any atom is 0.253 e. The largest absolute Gasteiger partial charge is 0.381 e. The van der Waals surface area contributed by atoms with Gasteiger partial charge in [0, 0.05) is 18.1 Å². The van der Waals surface area contributed by atoms with Crippen molar-refractivity contribution >= 4 is 22.5 Å². The predicted molar refractivity (Wildman–Crippen MR) is 112 cm³/mol. The fraction of sp³-hybridized carbons (Fsp3) is 0.304. The van der Waals surface area contributed by atoms with Gasteiger partial charge in [0.25, 0.3) is 5.91 Å². The lowest BCUT2D eigenvalue weighted by Gasteiger charge is -2.16. The first-order chi connectivity index (χ1) is 13.8. The summed E-state index contributed by atoms with van der Waals surface area (Å²) >= 11 is 0. The quantitative estimate of drug-likeness (QED) is 0.573. The van der Waals surface area contributed by atoms with E-state index < -0.39 is 17.7 Å². The number of nitrogens with one attached hydrogen (secondary N) is 2. The molecule has 0 aliphatic carbocycles. The first kappa shape index (κ1) is 20.7. The summed E-state index contributed by atoms with van der Waals surface area (Å²) in [5.74, 6) is -1.33. The number of aromatic nitrogens is 1. The summed E-state index contributed by atoms with van der Waals surface area (Å²) in [6, 6.07) is 9.65. The molecule has 1 heterocycles. The van der Waals surface area contributed by atoms with Gasteiger partial charge in [-0.2, -0.15) is 0 Å². The summed E-state index contributed by atoms with van der Waals surface area (Å²) in [6.45, 7) is 8.08. The summed E-state index contributed by atoms with van der Waals surface area (Å²) < 4.78 is 28.3. The van der Waals surface area contributed by atoms with Crippen LogP contribution >= 0.6 is 0 Å². The Morgan fingerprint density at radius 3 is 2.34 bits per heavy atom. The number of anilines is 1. The Morgan fingerprint density at radius 2 is 1.72 bits per heavy atom. The van der Waals surface area contributed by atoms with Crippen LogP contribution in [0.5, 0.6) is 0 Å². The van der Waals surface area contributed by atoms with Crippen LogP contribution in [0.3, 0.4) is 0 Å². The Balaban J connectivity index is 1.80. The van der Waals surface area contributed by atoms with E-state index >= 15 is 0 Å². The van der Waals surface area contributed by atoms with E-state index in [1.807, 2.05) is 18.2 Å². The van der Waals surface area contributed by atoms with Gasteiger partial charge in [0.1, 0.15) is 17.3 Å². The highest BCUT2D eigenvalue weighted by Gasteiger charge is 2.17. The summed E-state index contributed by atoms with van der Waals surface area (Å²) in [7, 11) is 0. The normalized spacial score (nSPS) is 12.2. The van der Waals surface area contributed by atoms with Crippen molar-refractivity contribution in [3.63, 3.8) is 0 Å². The maximum atomic E-state index is 14.2. The molecule has 1 amide bonds. The molecule has 6 heteroatoms. The number of carbonyl (C=O) groups excluding carboxylic acids is 1. The van der Waals surface area contributed by atoms with Crippen molar-refractivity contribution in [3.8, 4) is 0 Å². The van der Waals surface area contributed by atoms with Crippen LogP contribution in [-0.4, -0.2) is 17.4 Å². The molecule has 2 aromatic carbocycles. The van der Waals surface area contributed by atoms with Crippen LogP contribution in [-0.2, 0) is 0 Å². The van der Waals surface area contributed by atoms with Crippen LogP contribution in [0.2, 0.25) is 0 Å². The van der Waals surface area contributed by atoms with Gasteiger partial charge in [0.2, 0.25) is 0 Å². The van der Waals surface area contributed by atoms with Crippen molar-refractivity contribution in [3.05, 3.63) is 70.9 Å². The van der Waals surface area contributed by atoms with E-state index in [0.717, 1.165) is 10.9 Å². The molecule has 0 saturated heterocycles. The smallest absolute Gasteiger partial charge is 0.253 e. The Hall–Kier alpha value is -3.02. The number of rotatable bonds is 6. The molecular formula is C23H25F2N3O. The van der Waals surface area contributed by atoms with E-state index in [1.165, 1.54) is 23.9 Å². The summed E-state index contributed by atoms with van der Waals surface area (Å²) in [5.41, 5.74) is 2.59. The molecule has 3 aromatic rings. The van der Waals surface area contributed by atoms with Gasteiger partial charge in [0.15, 0.2) is 0 Å². The molecular weight excluding hydrogens is 372 g/mol. The number of nitrogens with zero attached hydrogens (tertiary/aromatic N) is 1. The van der Waals surface area contributed by atoms with Crippen molar-refractivity contribution in [2.45, 2.75) is 39.7 Å². The third-order valence-electron chi connectivity index (χ3n) is 4.90. The van der Waals surface area contributed by atoms with Gasteiger partial charge in [-0.3, -0.25) is 9.78 Å². The molecule has 2 N–H and O–H groups in total. The topological polar surface area (TPSA) is 54.0 Å². The van der Waals surface area contributed by atoms with E-state index in [1.54, 1.807) is 19.9 Å². The fourth-order valence-electron chi connectivity index (χ4n) is 3.17. The second-order valence-corrected chi connectivity index (χ2v) is 7.42. The molecule has 0 saturated carbocycles. The molecule has 0 bridgehead atoms. The van der Waals surface area contributed by atoms with E-state index in [2.05, 4.69) is 29.5 Å². The zero-order chi connectivity index (χ0) is 21.1. The number of hydrogen-bond acceptors (Lipinski definition) is 3. The van der Waals surface area contributed by atoms with Crippen LogP contribution in [0.4, 0.5) is 14.5 Å². The first-order valence-electron chi connectivity index (χ1n) is 9.73. The third-order valence-corrected chi connectivity index (χ3v) is 4.90. The average Bonchev–Trinajstić information content (AvgIpc) is 2.69. The van der Waals surface area contributed by atoms with Crippen LogP contribution in [0, 0.1) is 11.6 Å². The van der Waals surface area contributed by atoms with Crippen LogP contribution in [0.15, 0.2) is 42.6 Å². The Labute approximate surface area is 169 Å². The van der Waals surface area contributed by atoms with Crippen molar-refractivity contribution < 1.29 is 13.6 Å². The third kappa shape index (κ3) is 4.53. The first-order valence-corrected chi connectivity index (χ1v) is 9.73. The van der Waals surface area contributed by atoms with Crippen molar-refractivity contribution in [1.29, 1.82) is 0 Å². The Kier molecular flexibility index (Phi) is 6.11. The van der Waals surface area contributed by atoms with E-state index in [-0.39, 0.29) is 11.6 Å². The van der Waals surface area contributed by atoms with Crippen LogP contribution < -0.4 is 10.6 Å². The molecule has 4 nitrogen and oxygen atoms in total. The number of pyridine rings is 1. The van der Waals surface area contributed by atoms with Gasteiger partial charge in [-0.15, -0.1) is 0 Å². The van der Waals surface area contributed by atoms with Gasteiger partial charge in [-0.1, -0.05) is 26.0 Å². The number of benzene rings is 2. The zero-order valence-electron chi connectivity index (χ0n) is 17.0. The molecule has 3 rings (SSSR count). The molecule has 0 unspecified atom stereocenters. The average molecular weight is 397 g/mol. The zero-order valence-corrected chi connectivity index (χ0v) is 17.0. The van der Waals surface area contributed by atoms with Gasteiger partial charge in [-0.25, -0.2) is 8.78 Å². The SMILES string of the molecule is CCNc1c(F)cc([C@@H](C)NC(=O)c2cnc3cc(C(C)C)ccc3c2)cc1F. The van der Waals surface area contributed by atoms with Gasteiger partial charge < -0.3 is 10.6 Å². The summed E-state index contributed by atoms with van der Waals surface area (Å²) in [6.07, 6.45) is 1.52. The predicted octanol–water partition coefficient (Wildman–Crippen LogP) is 5.56. The minimum Gasteiger partial charge on any atom is -0.381 e. The van der Waals surface area contributed by atoms with Crippen molar-refractivity contribution in [1.82, 2.24) is 10.3 Å². The van der Waals surface area contributed by atoms with Crippen LogP contribution in [0.25, 0.3) is 10.9 Å². The van der Waals surface area contributed by atoms with E-state index in [4.69, 9.17) is 0 Å². The second kappa shape index (κ2) is 8.55. The van der Waals surface area contributed by atoms with Gasteiger partial charge in [-0.05, 0) is 55.2 Å². The molecule has 0 aliphatic rings. The highest BCUT2D eigenvalue weighted by molar-refractivity contribution is 5.97. The van der Waals surface area contributed by atoms with Crippen molar-refractivity contribution in [2.75, 3.05) is 11.9 Å². The minimum absolute atomic E-state index is 0.158. The number of hydrogen-bond donors (Lipinski definition) is 2. The Morgan fingerprint density at radius 1 is 1.03 bits per heavy atom. The Bertz CT molecular complexity index is 1030. The second-order valence-electron chi connectivity index (χ2n) is 7.42.